The highest BCUT2D eigenvalue weighted by Gasteiger charge is 2.31. The van der Waals surface area contributed by atoms with E-state index in [1.54, 1.807) is 0 Å². The Balaban J connectivity index is 2.62. The Morgan fingerprint density at radius 2 is 1.95 bits per heavy atom. The Bertz CT molecular complexity index is 549. The molecule has 0 saturated carbocycles. The van der Waals surface area contributed by atoms with Gasteiger partial charge in [-0.05, 0) is 24.6 Å². The third-order valence-electron chi connectivity index (χ3n) is 2.45. The molecule has 1 aromatic carbocycles. The zero-order chi connectivity index (χ0) is 15.9. The van der Waals surface area contributed by atoms with Crippen molar-refractivity contribution in [3.8, 4) is 0 Å². The Labute approximate surface area is 129 Å². The van der Waals surface area contributed by atoms with Gasteiger partial charge in [0.25, 0.3) is 0 Å². The minimum atomic E-state index is -4.57. The predicted molar refractivity (Wildman–Crippen MR) is 75.9 cm³/mol. The highest BCUT2D eigenvalue weighted by Crippen LogP contribution is 2.30. The van der Waals surface area contributed by atoms with E-state index in [0.717, 1.165) is 18.2 Å². The summed E-state index contributed by atoms with van der Waals surface area (Å²) in [6.45, 7) is 0.984. The van der Waals surface area contributed by atoms with Gasteiger partial charge in [-0.15, -0.1) is 0 Å². The van der Waals surface area contributed by atoms with Crippen molar-refractivity contribution in [1.82, 2.24) is 4.72 Å². The molecule has 0 saturated heterocycles. The van der Waals surface area contributed by atoms with Gasteiger partial charge in [-0.1, -0.05) is 22.0 Å². The van der Waals surface area contributed by atoms with Crippen LogP contribution in [0.1, 0.15) is 12.0 Å². The largest absolute Gasteiger partial charge is 0.416 e. The summed E-state index contributed by atoms with van der Waals surface area (Å²) in [6.07, 6.45) is -4.14. The number of rotatable bonds is 8. The molecule has 21 heavy (non-hydrogen) atoms. The fraction of sp³-hybridized carbons (Fsp3) is 0.500. The summed E-state index contributed by atoms with van der Waals surface area (Å²) in [5, 5.41) is 0.683. The number of benzene rings is 1. The second-order valence-corrected chi connectivity index (χ2v) is 6.64. The maximum atomic E-state index is 12.5. The van der Waals surface area contributed by atoms with Crippen molar-refractivity contribution in [3.05, 3.63) is 29.8 Å². The monoisotopic (exact) mass is 389 g/mol. The van der Waals surface area contributed by atoms with Crippen LogP contribution in [-0.2, 0) is 20.9 Å². The third-order valence-corrected chi connectivity index (χ3v) is 4.23. The van der Waals surface area contributed by atoms with Crippen LogP contribution >= 0.6 is 15.9 Å². The van der Waals surface area contributed by atoms with Crippen LogP contribution < -0.4 is 4.72 Å². The molecule has 0 aliphatic heterocycles. The molecule has 0 spiro atoms. The van der Waals surface area contributed by atoms with Gasteiger partial charge in [0, 0.05) is 18.5 Å². The first kappa shape index (κ1) is 18.4. The lowest BCUT2D eigenvalue weighted by molar-refractivity contribution is -0.137. The van der Waals surface area contributed by atoms with E-state index in [1.165, 1.54) is 0 Å². The number of halogens is 4. The van der Waals surface area contributed by atoms with Crippen LogP contribution in [0.4, 0.5) is 13.2 Å². The van der Waals surface area contributed by atoms with Crippen LogP contribution in [0.25, 0.3) is 0 Å². The van der Waals surface area contributed by atoms with Gasteiger partial charge < -0.3 is 4.74 Å². The van der Waals surface area contributed by atoms with Crippen LogP contribution in [0.3, 0.4) is 0 Å². The molecule has 0 amide bonds. The lowest BCUT2D eigenvalue weighted by atomic mass is 10.2. The molecule has 1 N–H and O–H groups in total. The maximum Gasteiger partial charge on any atom is 0.416 e. The first-order valence-electron chi connectivity index (χ1n) is 6.08. The topological polar surface area (TPSA) is 55.4 Å². The first-order valence-corrected chi connectivity index (χ1v) is 8.68. The SMILES string of the molecule is O=S(=O)(NCCCOCCBr)c1cccc(C(F)(F)F)c1. The molecule has 0 unspecified atom stereocenters. The van der Waals surface area contributed by atoms with Gasteiger partial charge in [-0.25, -0.2) is 13.1 Å². The molecule has 0 radical (unpaired) electrons. The van der Waals surface area contributed by atoms with E-state index in [1.807, 2.05) is 0 Å². The van der Waals surface area contributed by atoms with Crippen molar-refractivity contribution in [2.24, 2.45) is 0 Å². The molecule has 4 nitrogen and oxygen atoms in total. The van der Waals surface area contributed by atoms with Crippen molar-refractivity contribution in [1.29, 1.82) is 0 Å². The highest BCUT2D eigenvalue weighted by molar-refractivity contribution is 9.09. The molecule has 9 heteroatoms. The summed E-state index contributed by atoms with van der Waals surface area (Å²) in [7, 11) is -3.95. The second kappa shape index (κ2) is 8.11. The fourth-order valence-electron chi connectivity index (χ4n) is 1.46. The standard InChI is InChI=1S/C12H15BrF3NO3S/c13-5-8-20-7-2-6-17-21(18,19)11-4-1-3-10(9-11)12(14,15)16/h1,3-4,9,17H,2,5-8H2. The van der Waals surface area contributed by atoms with Crippen LogP contribution in [0.2, 0.25) is 0 Å². The molecule has 120 valence electrons. The van der Waals surface area contributed by atoms with Crippen LogP contribution in [-0.4, -0.2) is 33.5 Å². The third kappa shape index (κ3) is 6.33. The average Bonchev–Trinajstić information content (AvgIpc) is 2.42. The molecule has 1 aromatic rings. The molecule has 0 atom stereocenters. The minimum absolute atomic E-state index is 0.0981. The maximum absolute atomic E-state index is 12.5. The van der Waals surface area contributed by atoms with Crippen molar-refractivity contribution >= 4 is 26.0 Å². The molecule has 0 aliphatic carbocycles. The second-order valence-electron chi connectivity index (χ2n) is 4.08. The van der Waals surface area contributed by atoms with Gasteiger partial charge in [0.1, 0.15) is 0 Å². The number of sulfonamides is 1. The molecule has 0 heterocycles. The number of ether oxygens (including phenoxy) is 1. The summed E-state index contributed by atoms with van der Waals surface area (Å²) in [5.41, 5.74) is -0.994. The van der Waals surface area contributed by atoms with E-state index in [-0.39, 0.29) is 6.54 Å². The van der Waals surface area contributed by atoms with E-state index in [2.05, 4.69) is 20.7 Å². The first-order chi connectivity index (χ1) is 9.77. The van der Waals surface area contributed by atoms with Gasteiger partial charge in [0.15, 0.2) is 0 Å². The van der Waals surface area contributed by atoms with Gasteiger partial charge in [-0.3, -0.25) is 0 Å². The summed E-state index contributed by atoms with van der Waals surface area (Å²) in [5.74, 6) is 0. The van der Waals surface area contributed by atoms with E-state index >= 15 is 0 Å². The molecule has 0 aliphatic rings. The molecular weight excluding hydrogens is 375 g/mol. The predicted octanol–water partition coefficient (Wildman–Crippen LogP) is 2.79. The lowest BCUT2D eigenvalue weighted by Crippen LogP contribution is -2.26. The van der Waals surface area contributed by atoms with Gasteiger partial charge in [0.05, 0.1) is 17.1 Å². The van der Waals surface area contributed by atoms with Gasteiger partial charge >= 0.3 is 6.18 Å². The van der Waals surface area contributed by atoms with E-state index < -0.39 is 26.7 Å². The summed E-state index contributed by atoms with van der Waals surface area (Å²) in [6, 6.07) is 3.63. The molecule has 1 rings (SSSR count). The highest BCUT2D eigenvalue weighted by atomic mass is 79.9. The minimum Gasteiger partial charge on any atom is -0.381 e. The summed E-state index contributed by atoms with van der Waals surface area (Å²) >= 11 is 3.18. The fourth-order valence-corrected chi connectivity index (χ4v) is 2.81. The van der Waals surface area contributed by atoms with Crippen LogP contribution in [0.15, 0.2) is 29.2 Å². The number of hydrogen-bond donors (Lipinski definition) is 1. The van der Waals surface area contributed by atoms with E-state index in [9.17, 15) is 21.6 Å². The van der Waals surface area contributed by atoms with Crippen molar-refractivity contribution in [2.45, 2.75) is 17.5 Å². The lowest BCUT2D eigenvalue weighted by Gasteiger charge is -2.10. The molecule has 0 aromatic heterocycles. The Hall–Kier alpha value is -0.640. The van der Waals surface area contributed by atoms with Crippen LogP contribution in [0, 0.1) is 0 Å². The smallest absolute Gasteiger partial charge is 0.381 e. The normalized spacial score (nSPS) is 12.6. The van der Waals surface area contributed by atoms with Crippen molar-refractivity contribution < 1.29 is 26.3 Å². The van der Waals surface area contributed by atoms with Crippen LogP contribution in [0.5, 0.6) is 0 Å². The quantitative estimate of drug-likeness (QED) is 0.549. The number of hydrogen-bond acceptors (Lipinski definition) is 3. The Kier molecular flexibility index (Phi) is 7.11. The molecule has 0 fully saturated rings. The Morgan fingerprint density at radius 1 is 1.24 bits per heavy atom. The molecule has 0 bridgehead atoms. The Morgan fingerprint density at radius 3 is 2.57 bits per heavy atom. The van der Waals surface area contributed by atoms with Crippen molar-refractivity contribution in [3.63, 3.8) is 0 Å². The van der Waals surface area contributed by atoms with E-state index in [0.29, 0.717) is 31.0 Å². The van der Waals surface area contributed by atoms with Gasteiger partial charge in [-0.2, -0.15) is 13.2 Å². The average molecular weight is 390 g/mol. The number of alkyl halides is 4. The number of nitrogens with one attached hydrogen (secondary N) is 1. The van der Waals surface area contributed by atoms with E-state index in [4.69, 9.17) is 4.74 Å². The van der Waals surface area contributed by atoms with Gasteiger partial charge in [0.2, 0.25) is 10.0 Å². The zero-order valence-corrected chi connectivity index (χ0v) is 13.4. The molecular formula is C12H15BrF3NO3S. The van der Waals surface area contributed by atoms with Crippen molar-refractivity contribution in [2.75, 3.05) is 25.1 Å². The zero-order valence-electron chi connectivity index (χ0n) is 11.0. The summed E-state index contributed by atoms with van der Waals surface area (Å²) < 4.78 is 68.8. The summed E-state index contributed by atoms with van der Waals surface area (Å²) in [4.78, 5) is -0.404.